The highest BCUT2D eigenvalue weighted by Gasteiger charge is 2.28. The van der Waals surface area contributed by atoms with E-state index in [9.17, 15) is 4.79 Å². The molecule has 2 aromatic carbocycles. The molecule has 1 unspecified atom stereocenters. The van der Waals surface area contributed by atoms with E-state index in [0.29, 0.717) is 30.4 Å². The van der Waals surface area contributed by atoms with Crippen LogP contribution in [0.15, 0.2) is 42.5 Å². The Kier molecular flexibility index (Phi) is 7.96. The molecular formula is C21H26Cl2N2O2. The monoisotopic (exact) mass is 408 g/mol. The molecular weight excluding hydrogens is 383 g/mol. The zero-order chi connectivity index (χ0) is 18.5. The average molecular weight is 409 g/mol. The van der Waals surface area contributed by atoms with Gasteiger partial charge in [0, 0.05) is 24.7 Å². The van der Waals surface area contributed by atoms with E-state index in [4.69, 9.17) is 22.1 Å². The van der Waals surface area contributed by atoms with Crippen LogP contribution in [0.4, 0.5) is 0 Å². The lowest BCUT2D eigenvalue weighted by molar-refractivity contribution is 0.0782. The van der Waals surface area contributed by atoms with Gasteiger partial charge in [-0.3, -0.25) is 4.79 Å². The lowest BCUT2D eigenvalue weighted by Crippen LogP contribution is -2.29. The van der Waals surface area contributed by atoms with Crippen LogP contribution in [0.25, 0.3) is 0 Å². The van der Waals surface area contributed by atoms with Gasteiger partial charge in [0.15, 0.2) is 0 Å². The minimum atomic E-state index is 0. The van der Waals surface area contributed by atoms with Crippen LogP contribution in [0.5, 0.6) is 5.75 Å². The topological polar surface area (TPSA) is 55.6 Å². The number of rotatable bonds is 6. The number of halogens is 2. The first-order chi connectivity index (χ1) is 12.6. The van der Waals surface area contributed by atoms with Gasteiger partial charge >= 0.3 is 0 Å². The summed E-state index contributed by atoms with van der Waals surface area (Å²) >= 11 is 5.95. The SMILES string of the molecule is Cc1ccc(OCCN)c(C(=O)N2CCC(Cc3ccc(Cl)cc3)C2)c1.Cl. The number of nitrogens with zero attached hydrogens (tertiary/aromatic N) is 1. The minimum absolute atomic E-state index is 0. The maximum absolute atomic E-state index is 13.0. The molecule has 1 heterocycles. The summed E-state index contributed by atoms with van der Waals surface area (Å²) in [4.78, 5) is 15.0. The zero-order valence-corrected chi connectivity index (χ0v) is 17.1. The molecule has 1 atom stereocenters. The lowest BCUT2D eigenvalue weighted by atomic mass is 9.99. The third-order valence-corrected chi connectivity index (χ3v) is 5.00. The molecule has 1 fully saturated rings. The fraction of sp³-hybridized carbons (Fsp3) is 0.381. The Hall–Kier alpha value is -1.75. The zero-order valence-electron chi connectivity index (χ0n) is 15.5. The summed E-state index contributed by atoms with van der Waals surface area (Å²) in [5.41, 5.74) is 8.46. The van der Waals surface area contributed by atoms with Gasteiger partial charge in [-0.05, 0) is 55.5 Å². The predicted molar refractivity (Wildman–Crippen MR) is 112 cm³/mol. The summed E-state index contributed by atoms with van der Waals surface area (Å²) in [6.45, 7) is 4.36. The molecule has 2 N–H and O–H groups in total. The van der Waals surface area contributed by atoms with Gasteiger partial charge in [-0.1, -0.05) is 35.4 Å². The summed E-state index contributed by atoms with van der Waals surface area (Å²) in [6.07, 6.45) is 1.98. The van der Waals surface area contributed by atoms with E-state index < -0.39 is 0 Å². The molecule has 0 aliphatic carbocycles. The van der Waals surface area contributed by atoms with Crippen LogP contribution >= 0.6 is 24.0 Å². The number of aryl methyl sites for hydroxylation is 1. The van der Waals surface area contributed by atoms with E-state index in [1.165, 1.54) is 5.56 Å². The Morgan fingerprint density at radius 1 is 1.26 bits per heavy atom. The molecule has 0 aromatic heterocycles. The summed E-state index contributed by atoms with van der Waals surface area (Å²) < 4.78 is 5.67. The van der Waals surface area contributed by atoms with Gasteiger partial charge in [-0.25, -0.2) is 0 Å². The van der Waals surface area contributed by atoms with Crippen LogP contribution in [0, 0.1) is 12.8 Å². The molecule has 6 heteroatoms. The predicted octanol–water partition coefficient (Wildman–Crippen LogP) is 4.11. The van der Waals surface area contributed by atoms with Crippen molar-refractivity contribution in [3.05, 3.63) is 64.2 Å². The Balaban J connectivity index is 0.00000261. The number of likely N-dealkylation sites (tertiary alicyclic amines) is 1. The smallest absolute Gasteiger partial charge is 0.257 e. The first-order valence-corrected chi connectivity index (χ1v) is 9.42. The van der Waals surface area contributed by atoms with Gasteiger partial charge in [-0.2, -0.15) is 0 Å². The molecule has 0 radical (unpaired) electrons. The number of amides is 1. The highest BCUT2D eigenvalue weighted by atomic mass is 35.5. The van der Waals surface area contributed by atoms with Crippen LogP contribution in [0.1, 0.15) is 27.9 Å². The second kappa shape index (κ2) is 9.98. The third kappa shape index (κ3) is 5.61. The van der Waals surface area contributed by atoms with Crippen molar-refractivity contribution in [1.29, 1.82) is 0 Å². The van der Waals surface area contributed by atoms with Crippen LogP contribution < -0.4 is 10.5 Å². The Labute approximate surface area is 172 Å². The van der Waals surface area contributed by atoms with E-state index in [0.717, 1.165) is 36.5 Å². The molecule has 1 amide bonds. The van der Waals surface area contributed by atoms with Crippen LogP contribution in [0.3, 0.4) is 0 Å². The third-order valence-electron chi connectivity index (χ3n) is 4.75. The van der Waals surface area contributed by atoms with Crippen molar-refractivity contribution in [3.8, 4) is 5.75 Å². The van der Waals surface area contributed by atoms with Crippen molar-refractivity contribution < 1.29 is 9.53 Å². The molecule has 0 saturated carbocycles. The Morgan fingerprint density at radius 3 is 2.70 bits per heavy atom. The second-order valence-electron chi connectivity index (χ2n) is 6.87. The maximum atomic E-state index is 13.0. The summed E-state index contributed by atoms with van der Waals surface area (Å²) in [5, 5.41) is 0.751. The quantitative estimate of drug-likeness (QED) is 0.781. The van der Waals surface area contributed by atoms with Crippen LogP contribution in [-0.2, 0) is 6.42 Å². The molecule has 146 valence electrons. The fourth-order valence-electron chi connectivity index (χ4n) is 3.41. The number of carbonyl (C=O) groups excluding carboxylic acids is 1. The normalized spacial score (nSPS) is 16.1. The standard InChI is InChI=1S/C21H25ClN2O2.ClH/c1-15-2-7-20(26-11-9-23)19(12-15)21(25)24-10-8-17(14-24)13-16-3-5-18(22)6-4-16;/h2-7,12,17H,8-11,13-14,23H2,1H3;1H. The highest BCUT2D eigenvalue weighted by molar-refractivity contribution is 6.30. The number of ether oxygens (including phenoxy) is 1. The molecule has 27 heavy (non-hydrogen) atoms. The van der Waals surface area contributed by atoms with E-state index in [1.54, 1.807) is 0 Å². The Morgan fingerprint density at radius 2 is 2.00 bits per heavy atom. The van der Waals surface area contributed by atoms with E-state index in [1.807, 2.05) is 42.2 Å². The van der Waals surface area contributed by atoms with Gasteiger partial charge < -0.3 is 15.4 Å². The first-order valence-electron chi connectivity index (χ1n) is 9.04. The molecule has 4 nitrogen and oxygen atoms in total. The van der Waals surface area contributed by atoms with Crippen LogP contribution in [0.2, 0.25) is 5.02 Å². The van der Waals surface area contributed by atoms with Crippen molar-refractivity contribution in [3.63, 3.8) is 0 Å². The highest BCUT2D eigenvalue weighted by Crippen LogP contribution is 2.27. The molecule has 1 aliphatic rings. The number of hydrogen-bond donors (Lipinski definition) is 1. The van der Waals surface area contributed by atoms with Crippen molar-refractivity contribution in [2.24, 2.45) is 11.7 Å². The van der Waals surface area contributed by atoms with Gasteiger partial charge in [0.1, 0.15) is 12.4 Å². The minimum Gasteiger partial charge on any atom is -0.491 e. The van der Waals surface area contributed by atoms with Crippen LogP contribution in [-0.4, -0.2) is 37.0 Å². The maximum Gasteiger partial charge on any atom is 0.257 e. The second-order valence-corrected chi connectivity index (χ2v) is 7.31. The largest absolute Gasteiger partial charge is 0.491 e. The van der Waals surface area contributed by atoms with Crippen molar-refractivity contribution in [1.82, 2.24) is 4.90 Å². The van der Waals surface area contributed by atoms with Gasteiger partial charge in [0.25, 0.3) is 5.91 Å². The number of hydrogen-bond acceptors (Lipinski definition) is 3. The van der Waals surface area contributed by atoms with E-state index in [2.05, 4.69) is 12.1 Å². The van der Waals surface area contributed by atoms with Crippen molar-refractivity contribution in [2.75, 3.05) is 26.2 Å². The van der Waals surface area contributed by atoms with Gasteiger partial charge in [0.2, 0.25) is 0 Å². The fourth-order valence-corrected chi connectivity index (χ4v) is 3.54. The molecule has 1 aliphatic heterocycles. The van der Waals surface area contributed by atoms with Crippen molar-refractivity contribution in [2.45, 2.75) is 19.8 Å². The molecule has 0 bridgehead atoms. The first kappa shape index (κ1) is 21.5. The molecule has 3 rings (SSSR count). The number of benzene rings is 2. The van der Waals surface area contributed by atoms with Crippen molar-refractivity contribution >= 4 is 29.9 Å². The number of carbonyl (C=O) groups is 1. The Bertz CT molecular complexity index is 765. The lowest BCUT2D eigenvalue weighted by Gasteiger charge is -2.19. The molecule has 2 aromatic rings. The molecule has 1 saturated heterocycles. The van der Waals surface area contributed by atoms with Gasteiger partial charge in [-0.15, -0.1) is 12.4 Å². The summed E-state index contributed by atoms with van der Waals surface area (Å²) in [7, 11) is 0. The van der Waals surface area contributed by atoms with Gasteiger partial charge in [0.05, 0.1) is 5.56 Å². The number of nitrogens with two attached hydrogens (primary N) is 1. The average Bonchev–Trinajstić information content (AvgIpc) is 3.10. The summed E-state index contributed by atoms with van der Waals surface area (Å²) in [5.74, 6) is 1.13. The summed E-state index contributed by atoms with van der Waals surface area (Å²) in [6, 6.07) is 13.7. The van der Waals surface area contributed by atoms with E-state index >= 15 is 0 Å². The van der Waals surface area contributed by atoms with E-state index in [-0.39, 0.29) is 18.3 Å². The molecule has 0 spiro atoms.